The van der Waals surface area contributed by atoms with Crippen molar-refractivity contribution in [1.29, 1.82) is 0 Å². The average molecular weight is 333 g/mol. The van der Waals surface area contributed by atoms with E-state index in [-0.39, 0.29) is 10.8 Å². The van der Waals surface area contributed by atoms with E-state index in [1.165, 1.54) is 0 Å². The first-order valence-corrected chi connectivity index (χ1v) is 8.83. The van der Waals surface area contributed by atoms with Gasteiger partial charge in [-0.1, -0.05) is 12.1 Å². The zero-order valence-electron chi connectivity index (χ0n) is 13.0. The molecule has 1 aromatic carbocycles. The third-order valence-electron chi connectivity index (χ3n) is 4.56. The van der Waals surface area contributed by atoms with Crippen molar-refractivity contribution < 1.29 is 18.7 Å². The molecule has 6 heteroatoms. The summed E-state index contributed by atoms with van der Waals surface area (Å²) >= 11 is 1.88. The largest absolute Gasteiger partial charge is 0.493 e. The zero-order chi connectivity index (χ0) is 15.9. The Morgan fingerprint density at radius 3 is 2.87 bits per heavy atom. The molecule has 2 saturated heterocycles. The first-order chi connectivity index (χ1) is 11.2. The standard InChI is InChI=1S/C17H19NO4S/c1-20-13-4-2-3-12-11-14(22-15(12)13)16(19)18-7-5-17(6-8-18)21-9-10-23-17/h2-4,11H,5-10H2,1H3. The van der Waals surface area contributed by atoms with Gasteiger partial charge in [0.05, 0.1) is 13.7 Å². The Morgan fingerprint density at radius 2 is 2.17 bits per heavy atom. The molecule has 0 atom stereocenters. The number of likely N-dealkylation sites (tertiary alicyclic amines) is 1. The van der Waals surface area contributed by atoms with Gasteiger partial charge in [-0.05, 0) is 12.1 Å². The molecule has 1 amide bonds. The second-order valence-electron chi connectivity index (χ2n) is 5.89. The van der Waals surface area contributed by atoms with E-state index in [0.717, 1.165) is 30.6 Å². The molecule has 5 nitrogen and oxygen atoms in total. The Kier molecular flexibility index (Phi) is 3.73. The van der Waals surface area contributed by atoms with Crippen LogP contribution in [0.3, 0.4) is 0 Å². The predicted molar refractivity (Wildman–Crippen MR) is 89.0 cm³/mol. The van der Waals surface area contributed by atoms with Crippen LogP contribution in [0.1, 0.15) is 23.4 Å². The van der Waals surface area contributed by atoms with Crippen LogP contribution in [0.5, 0.6) is 5.75 Å². The Bertz CT molecular complexity index is 725. The molecule has 3 heterocycles. The van der Waals surface area contributed by atoms with E-state index >= 15 is 0 Å². The third kappa shape index (κ3) is 2.60. The molecule has 0 radical (unpaired) electrons. The summed E-state index contributed by atoms with van der Waals surface area (Å²) in [7, 11) is 1.60. The highest BCUT2D eigenvalue weighted by Crippen LogP contribution is 2.41. The van der Waals surface area contributed by atoms with Crippen molar-refractivity contribution in [2.24, 2.45) is 0 Å². The minimum absolute atomic E-state index is 0.0545. The summed E-state index contributed by atoms with van der Waals surface area (Å²) in [6.07, 6.45) is 1.76. The SMILES string of the molecule is COc1cccc2cc(C(=O)N3CCC4(CC3)OCCS4)oc12. The van der Waals surface area contributed by atoms with Gasteiger partial charge < -0.3 is 18.8 Å². The van der Waals surface area contributed by atoms with Crippen molar-refractivity contribution in [3.05, 3.63) is 30.0 Å². The number of piperidine rings is 1. The van der Waals surface area contributed by atoms with Gasteiger partial charge in [0.1, 0.15) is 4.93 Å². The molecular weight excluding hydrogens is 314 g/mol. The van der Waals surface area contributed by atoms with Gasteiger partial charge in [-0.2, -0.15) is 0 Å². The van der Waals surface area contributed by atoms with Gasteiger partial charge >= 0.3 is 0 Å². The predicted octanol–water partition coefficient (Wildman–Crippen LogP) is 3.14. The van der Waals surface area contributed by atoms with Gasteiger partial charge in [-0.15, -0.1) is 11.8 Å². The number of fused-ring (bicyclic) bond motifs is 1. The van der Waals surface area contributed by atoms with Crippen molar-refractivity contribution >= 4 is 28.6 Å². The molecule has 0 bridgehead atoms. The first-order valence-electron chi connectivity index (χ1n) is 7.84. The number of rotatable bonds is 2. The summed E-state index contributed by atoms with van der Waals surface area (Å²) < 4.78 is 16.9. The summed E-state index contributed by atoms with van der Waals surface area (Å²) in [5.74, 6) is 2.02. The number of carbonyl (C=O) groups excluding carboxylic acids is 1. The molecule has 4 rings (SSSR count). The summed E-state index contributed by atoms with van der Waals surface area (Å²) in [4.78, 5) is 14.5. The van der Waals surface area contributed by atoms with E-state index in [9.17, 15) is 4.79 Å². The van der Waals surface area contributed by atoms with Gasteiger partial charge in [0.15, 0.2) is 17.1 Å². The number of hydrogen-bond acceptors (Lipinski definition) is 5. The summed E-state index contributed by atoms with van der Waals surface area (Å²) in [5, 5.41) is 0.885. The number of carbonyl (C=O) groups is 1. The third-order valence-corrected chi connectivity index (χ3v) is 5.99. The fourth-order valence-corrected chi connectivity index (χ4v) is 4.47. The lowest BCUT2D eigenvalue weighted by Crippen LogP contribution is -2.45. The number of methoxy groups -OCH3 is 1. The Morgan fingerprint density at radius 1 is 1.35 bits per heavy atom. The van der Waals surface area contributed by atoms with Crippen molar-refractivity contribution in [3.63, 3.8) is 0 Å². The lowest BCUT2D eigenvalue weighted by Gasteiger charge is -2.37. The zero-order valence-corrected chi connectivity index (χ0v) is 13.9. The molecule has 0 unspecified atom stereocenters. The van der Waals surface area contributed by atoms with Gasteiger partial charge in [0.2, 0.25) is 0 Å². The first kappa shape index (κ1) is 14.9. The van der Waals surface area contributed by atoms with Crippen molar-refractivity contribution in [1.82, 2.24) is 4.90 Å². The van der Waals surface area contributed by atoms with Crippen LogP contribution >= 0.6 is 11.8 Å². The highest BCUT2D eigenvalue weighted by atomic mass is 32.2. The quantitative estimate of drug-likeness (QED) is 0.845. The fraction of sp³-hybridized carbons (Fsp3) is 0.471. The maximum atomic E-state index is 12.7. The van der Waals surface area contributed by atoms with Crippen molar-refractivity contribution in [2.75, 3.05) is 32.6 Å². The van der Waals surface area contributed by atoms with Gasteiger partial charge in [0.25, 0.3) is 5.91 Å². The van der Waals surface area contributed by atoms with Crippen LogP contribution in [0.2, 0.25) is 0 Å². The summed E-state index contributed by atoms with van der Waals surface area (Å²) in [5.41, 5.74) is 0.626. The van der Waals surface area contributed by atoms with E-state index in [4.69, 9.17) is 13.9 Å². The molecule has 2 aliphatic heterocycles. The number of ether oxygens (including phenoxy) is 2. The maximum Gasteiger partial charge on any atom is 0.289 e. The Balaban J connectivity index is 1.53. The fourth-order valence-electron chi connectivity index (χ4n) is 3.29. The number of thioether (sulfide) groups is 1. The molecule has 0 aliphatic carbocycles. The topological polar surface area (TPSA) is 51.9 Å². The van der Waals surface area contributed by atoms with Crippen LogP contribution in [0.25, 0.3) is 11.0 Å². The van der Waals surface area contributed by atoms with E-state index in [1.807, 2.05) is 34.9 Å². The monoisotopic (exact) mass is 333 g/mol. The Hall–Kier alpha value is -1.66. The second-order valence-corrected chi connectivity index (χ2v) is 7.33. The molecule has 1 aromatic heterocycles. The lowest BCUT2D eigenvalue weighted by atomic mass is 10.1. The second kappa shape index (κ2) is 5.76. The van der Waals surface area contributed by atoms with Crippen molar-refractivity contribution in [2.45, 2.75) is 17.8 Å². The van der Waals surface area contributed by atoms with E-state index in [2.05, 4.69) is 0 Å². The molecule has 2 aromatic rings. The minimum atomic E-state index is -0.0616. The van der Waals surface area contributed by atoms with Gasteiger partial charge in [-0.25, -0.2) is 0 Å². The highest BCUT2D eigenvalue weighted by molar-refractivity contribution is 8.00. The average Bonchev–Trinajstić information content (AvgIpc) is 3.21. The minimum Gasteiger partial charge on any atom is -0.493 e. The van der Waals surface area contributed by atoms with E-state index in [0.29, 0.717) is 30.2 Å². The number of amides is 1. The van der Waals surface area contributed by atoms with Crippen LogP contribution in [0.15, 0.2) is 28.7 Å². The molecule has 23 heavy (non-hydrogen) atoms. The number of para-hydroxylation sites is 1. The molecule has 122 valence electrons. The van der Waals surface area contributed by atoms with Crippen LogP contribution in [0.4, 0.5) is 0 Å². The van der Waals surface area contributed by atoms with E-state index in [1.54, 1.807) is 13.2 Å². The molecule has 1 spiro atoms. The smallest absolute Gasteiger partial charge is 0.289 e. The number of furan rings is 1. The van der Waals surface area contributed by atoms with Gasteiger partial charge in [0, 0.05) is 37.1 Å². The number of nitrogens with zero attached hydrogens (tertiary/aromatic N) is 1. The maximum absolute atomic E-state index is 12.7. The molecular formula is C17H19NO4S. The molecule has 2 aliphatic rings. The Labute approximate surface area is 138 Å². The van der Waals surface area contributed by atoms with Crippen LogP contribution in [-0.4, -0.2) is 48.3 Å². The lowest BCUT2D eigenvalue weighted by molar-refractivity contribution is 0.00279. The number of benzene rings is 1. The van der Waals surface area contributed by atoms with E-state index < -0.39 is 0 Å². The van der Waals surface area contributed by atoms with Crippen LogP contribution < -0.4 is 4.74 Å². The normalized spacial score (nSPS) is 20.3. The van der Waals surface area contributed by atoms with Crippen LogP contribution in [0, 0.1) is 0 Å². The van der Waals surface area contributed by atoms with Crippen LogP contribution in [-0.2, 0) is 4.74 Å². The molecule has 0 saturated carbocycles. The summed E-state index contributed by atoms with van der Waals surface area (Å²) in [6.45, 7) is 2.24. The molecule has 2 fully saturated rings. The molecule has 0 N–H and O–H groups in total. The van der Waals surface area contributed by atoms with Crippen molar-refractivity contribution in [3.8, 4) is 5.75 Å². The highest BCUT2D eigenvalue weighted by Gasteiger charge is 2.40. The van der Waals surface area contributed by atoms with Gasteiger partial charge in [-0.3, -0.25) is 4.79 Å². The number of hydrogen-bond donors (Lipinski definition) is 0. The summed E-state index contributed by atoms with van der Waals surface area (Å²) in [6, 6.07) is 7.45.